The van der Waals surface area contributed by atoms with Crippen molar-refractivity contribution in [2.75, 3.05) is 13.2 Å². The first kappa shape index (κ1) is 16.6. The monoisotopic (exact) mass is 258 g/mol. The lowest BCUT2D eigenvalue weighted by Crippen LogP contribution is -2.34. The predicted molar refractivity (Wildman–Crippen MR) is 65.8 cm³/mol. The van der Waals surface area contributed by atoms with Crippen molar-refractivity contribution in [1.29, 1.82) is 0 Å². The third-order valence-electron chi connectivity index (χ3n) is 2.59. The predicted octanol–water partition coefficient (Wildman–Crippen LogP) is 1.73. The van der Waals surface area contributed by atoms with Crippen LogP contribution in [-0.2, 0) is 23.9 Å². The van der Waals surface area contributed by atoms with Gasteiger partial charge >= 0.3 is 11.9 Å². The molecule has 0 bridgehead atoms. The van der Waals surface area contributed by atoms with E-state index in [-0.39, 0.29) is 25.4 Å². The fourth-order valence-corrected chi connectivity index (χ4v) is 1.65. The molecular weight excluding hydrogens is 236 g/mol. The molecule has 0 fully saturated rings. The van der Waals surface area contributed by atoms with E-state index in [2.05, 4.69) is 0 Å². The Bertz CT molecular complexity index is 280. The molecule has 0 aromatic carbocycles. The van der Waals surface area contributed by atoms with Gasteiger partial charge in [-0.15, -0.1) is 0 Å². The molecule has 0 N–H and O–H groups in total. The second-order valence-corrected chi connectivity index (χ2v) is 4.06. The molecule has 0 aliphatic carbocycles. The van der Waals surface area contributed by atoms with Crippen LogP contribution in [0.15, 0.2) is 0 Å². The van der Waals surface area contributed by atoms with E-state index in [1.54, 1.807) is 27.7 Å². The zero-order valence-electron chi connectivity index (χ0n) is 11.5. The largest absolute Gasteiger partial charge is 0.465 e. The highest BCUT2D eigenvalue weighted by Crippen LogP contribution is 2.20. The van der Waals surface area contributed by atoms with Gasteiger partial charge in [0.05, 0.1) is 13.2 Å². The first-order valence-corrected chi connectivity index (χ1v) is 6.32. The molecule has 0 aliphatic rings. The van der Waals surface area contributed by atoms with Crippen LogP contribution < -0.4 is 0 Å². The molecule has 0 saturated carbocycles. The summed E-state index contributed by atoms with van der Waals surface area (Å²) < 4.78 is 9.71. The smallest absolute Gasteiger partial charge is 0.320 e. The Morgan fingerprint density at radius 1 is 0.944 bits per heavy atom. The Kier molecular flexibility index (Phi) is 8.00. The molecule has 1 atom stereocenters. The highest BCUT2D eigenvalue weighted by atomic mass is 16.6. The van der Waals surface area contributed by atoms with Crippen molar-refractivity contribution in [1.82, 2.24) is 0 Å². The summed E-state index contributed by atoms with van der Waals surface area (Å²) in [5, 5.41) is 0. The second kappa shape index (κ2) is 8.66. The number of carbonyl (C=O) groups excluding carboxylic acids is 3. The van der Waals surface area contributed by atoms with Crippen molar-refractivity contribution < 1.29 is 23.9 Å². The summed E-state index contributed by atoms with van der Waals surface area (Å²) in [7, 11) is 0. The van der Waals surface area contributed by atoms with Crippen molar-refractivity contribution in [3.8, 4) is 0 Å². The summed E-state index contributed by atoms with van der Waals surface area (Å²) >= 11 is 0. The highest BCUT2D eigenvalue weighted by molar-refractivity contribution is 5.96. The third kappa shape index (κ3) is 5.29. The fraction of sp³-hybridized carbons (Fsp3) is 0.769. The van der Waals surface area contributed by atoms with Gasteiger partial charge in [-0.05, 0) is 19.8 Å². The van der Waals surface area contributed by atoms with Crippen LogP contribution in [0.4, 0.5) is 0 Å². The van der Waals surface area contributed by atoms with Crippen LogP contribution in [0.3, 0.4) is 0 Å². The summed E-state index contributed by atoms with van der Waals surface area (Å²) in [4.78, 5) is 34.9. The molecule has 0 saturated heterocycles. The van der Waals surface area contributed by atoms with Gasteiger partial charge in [-0.1, -0.05) is 13.8 Å². The molecule has 1 unspecified atom stereocenters. The normalized spacial score (nSPS) is 12.1. The van der Waals surface area contributed by atoms with Gasteiger partial charge in [-0.2, -0.15) is 0 Å². The lowest BCUT2D eigenvalue weighted by atomic mass is 9.89. The Balaban J connectivity index is 4.78. The third-order valence-corrected chi connectivity index (χ3v) is 2.59. The lowest BCUT2D eigenvalue weighted by molar-refractivity contribution is -0.164. The molecule has 5 nitrogen and oxygen atoms in total. The lowest BCUT2D eigenvalue weighted by Gasteiger charge is -2.20. The standard InChI is InChI=1S/C13H22O5/c1-5-10(14)8-9(4)11(12(15)17-6-2)13(16)18-7-3/h9,11H,5-8H2,1-4H3. The molecule has 104 valence electrons. The summed E-state index contributed by atoms with van der Waals surface area (Å²) in [5.74, 6) is -2.64. The van der Waals surface area contributed by atoms with E-state index in [0.717, 1.165) is 0 Å². The number of hydrogen-bond donors (Lipinski definition) is 0. The van der Waals surface area contributed by atoms with Crippen LogP contribution >= 0.6 is 0 Å². The van der Waals surface area contributed by atoms with Gasteiger partial charge in [0.1, 0.15) is 5.78 Å². The van der Waals surface area contributed by atoms with Crippen molar-refractivity contribution in [3.63, 3.8) is 0 Å². The van der Waals surface area contributed by atoms with Crippen LogP contribution in [0.25, 0.3) is 0 Å². The number of Topliss-reactive ketones (excluding diaryl/α,β-unsaturated/α-hetero) is 1. The van der Waals surface area contributed by atoms with E-state index < -0.39 is 23.8 Å². The van der Waals surface area contributed by atoms with Gasteiger partial charge in [0.2, 0.25) is 0 Å². The Morgan fingerprint density at radius 2 is 1.39 bits per heavy atom. The topological polar surface area (TPSA) is 69.7 Å². The van der Waals surface area contributed by atoms with Crippen molar-refractivity contribution in [3.05, 3.63) is 0 Å². The molecule has 0 radical (unpaired) electrons. The number of carbonyl (C=O) groups is 3. The van der Waals surface area contributed by atoms with E-state index in [0.29, 0.717) is 6.42 Å². The first-order chi connectivity index (χ1) is 8.47. The minimum absolute atomic E-state index is 0.0149. The average molecular weight is 258 g/mol. The van der Waals surface area contributed by atoms with Crippen LogP contribution in [0.5, 0.6) is 0 Å². The second-order valence-electron chi connectivity index (χ2n) is 4.06. The Hall–Kier alpha value is -1.39. The summed E-state index contributed by atoms with van der Waals surface area (Å²) in [6.07, 6.45) is 0.571. The number of esters is 2. The number of ether oxygens (including phenoxy) is 2. The minimum atomic E-state index is -1.01. The minimum Gasteiger partial charge on any atom is -0.465 e. The Labute approximate surface area is 108 Å². The maximum atomic E-state index is 11.7. The molecule has 0 amide bonds. The molecule has 0 aliphatic heterocycles. The van der Waals surface area contributed by atoms with Gasteiger partial charge in [0, 0.05) is 12.8 Å². The first-order valence-electron chi connectivity index (χ1n) is 6.32. The molecule has 0 spiro atoms. The van der Waals surface area contributed by atoms with Crippen LogP contribution in [-0.4, -0.2) is 30.9 Å². The van der Waals surface area contributed by atoms with Crippen LogP contribution in [0, 0.1) is 11.8 Å². The molecule has 0 heterocycles. The van der Waals surface area contributed by atoms with Crippen LogP contribution in [0.2, 0.25) is 0 Å². The van der Waals surface area contributed by atoms with Gasteiger partial charge in [0.25, 0.3) is 0 Å². The highest BCUT2D eigenvalue weighted by Gasteiger charge is 2.35. The SMILES string of the molecule is CCOC(=O)C(C(=O)OCC)C(C)CC(=O)CC. The number of ketones is 1. The van der Waals surface area contributed by atoms with Crippen molar-refractivity contribution in [2.24, 2.45) is 11.8 Å². The van der Waals surface area contributed by atoms with Gasteiger partial charge < -0.3 is 9.47 Å². The Morgan fingerprint density at radius 3 is 1.72 bits per heavy atom. The fourth-order valence-electron chi connectivity index (χ4n) is 1.65. The van der Waals surface area contributed by atoms with E-state index in [1.165, 1.54) is 0 Å². The van der Waals surface area contributed by atoms with E-state index in [1.807, 2.05) is 0 Å². The number of rotatable bonds is 8. The quantitative estimate of drug-likeness (QED) is 0.490. The van der Waals surface area contributed by atoms with Gasteiger partial charge in [-0.3, -0.25) is 14.4 Å². The summed E-state index contributed by atoms with van der Waals surface area (Å²) in [5.41, 5.74) is 0. The molecule has 18 heavy (non-hydrogen) atoms. The summed E-state index contributed by atoms with van der Waals surface area (Å²) in [6, 6.07) is 0. The average Bonchev–Trinajstić information content (AvgIpc) is 2.29. The van der Waals surface area contributed by atoms with Gasteiger partial charge in [0.15, 0.2) is 5.92 Å². The molecule has 5 heteroatoms. The zero-order valence-corrected chi connectivity index (χ0v) is 11.5. The molecular formula is C13H22O5. The zero-order chi connectivity index (χ0) is 14.1. The molecule has 0 aromatic heterocycles. The van der Waals surface area contributed by atoms with E-state index in [4.69, 9.17) is 9.47 Å². The maximum absolute atomic E-state index is 11.7. The molecule has 0 aromatic rings. The van der Waals surface area contributed by atoms with Gasteiger partial charge in [-0.25, -0.2) is 0 Å². The van der Waals surface area contributed by atoms with E-state index in [9.17, 15) is 14.4 Å². The van der Waals surface area contributed by atoms with Crippen LogP contribution in [0.1, 0.15) is 40.5 Å². The molecule has 0 rings (SSSR count). The van der Waals surface area contributed by atoms with Crippen molar-refractivity contribution >= 4 is 17.7 Å². The maximum Gasteiger partial charge on any atom is 0.320 e. The van der Waals surface area contributed by atoms with E-state index >= 15 is 0 Å². The van der Waals surface area contributed by atoms with Crippen molar-refractivity contribution in [2.45, 2.75) is 40.5 Å². The summed E-state index contributed by atoms with van der Waals surface area (Å²) in [6.45, 7) is 7.17. The number of hydrogen-bond acceptors (Lipinski definition) is 5.